The van der Waals surface area contributed by atoms with Gasteiger partial charge in [-0.05, 0) is 36.4 Å². The van der Waals surface area contributed by atoms with Gasteiger partial charge in [0.1, 0.15) is 6.04 Å². The molecule has 5 rings (SSSR count). The molecule has 0 bridgehead atoms. The third-order valence-corrected chi connectivity index (χ3v) is 7.50. The van der Waals surface area contributed by atoms with E-state index in [1.165, 1.54) is 16.2 Å². The van der Waals surface area contributed by atoms with Crippen LogP contribution in [0, 0.1) is 11.8 Å². The van der Waals surface area contributed by atoms with Crippen molar-refractivity contribution >= 4 is 40.2 Å². The lowest BCUT2D eigenvalue weighted by atomic mass is 9.86. The summed E-state index contributed by atoms with van der Waals surface area (Å²) in [6.45, 7) is 4.52. The van der Waals surface area contributed by atoms with Crippen molar-refractivity contribution in [3.8, 4) is 0 Å². The molecule has 3 aliphatic rings. The number of imide groups is 1. The molecule has 0 radical (unpaired) electrons. The third kappa shape index (κ3) is 2.63. The van der Waals surface area contributed by atoms with Crippen molar-refractivity contribution in [1.29, 1.82) is 0 Å². The highest BCUT2D eigenvalue weighted by atomic mass is 32.1. The second-order valence-electron chi connectivity index (χ2n) is 8.28. The van der Waals surface area contributed by atoms with Crippen LogP contribution in [-0.2, 0) is 9.59 Å². The van der Waals surface area contributed by atoms with Gasteiger partial charge in [0.05, 0.1) is 22.8 Å². The fraction of sp³-hybridized carbons (Fsp3) is 0.375. The van der Waals surface area contributed by atoms with E-state index in [0.29, 0.717) is 11.4 Å². The maximum Gasteiger partial charge on any atom is 0.235 e. The number of likely N-dealkylation sites (tertiary alicyclic amines) is 1. The summed E-state index contributed by atoms with van der Waals surface area (Å²) in [5.41, 5.74) is 3.08. The Morgan fingerprint density at radius 2 is 1.83 bits per heavy atom. The first-order chi connectivity index (χ1) is 14.5. The van der Waals surface area contributed by atoms with Gasteiger partial charge < -0.3 is 4.90 Å². The van der Waals surface area contributed by atoms with Crippen molar-refractivity contribution in [3.05, 3.63) is 58.3 Å². The average Bonchev–Trinajstić information content (AvgIpc) is 3.44. The molecule has 1 aromatic carbocycles. The number of Topliss-reactive ketones (excluding diaryl/α,β-unsaturated/α-hetero) is 1. The van der Waals surface area contributed by atoms with Crippen molar-refractivity contribution in [2.24, 2.45) is 11.8 Å². The Balaban J connectivity index is 1.65. The van der Waals surface area contributed by atoms with Gasteiger partial charge in [0, 0.05) is 17.8 Å². The Morgan fingerprint density at radius 3 is 2.57 bits per heavy atom. The number of hydrogen-bond acceptors (Lipinski definition) is 5. The molecule has 0 unspecified atom stereocenters. The van der Waals surface area contributed by atoms with E-state index in [-0.39, 0.29) is 23.6 Å². The van der Waals surface area contributed by atoms with Crippen LogP contribution in [-0.4, -0.2) is 41.1 Å². The van der Waals surface area contributed by atoms with E-state index in [0.717, 1.165) is 29.7 Å². The van der Waals surface area contributed by atoms with Crippen LogP contribution >= 0.6 is 11.3 Å². The van der Waals surface area contributed by atoms with Gasteiger partial charge >= 0.3 is 0 Å². The lowest BCUT2D eigenvalue weighted by molar-refractivity contribution is -0.140. The zero-order valence-corrected chi connectivity index (χ0v) is 17.9. The molecule has 2 amide bonds. The fourth-order valence-electron chi connectivity index (χ4n) is 5.26. The van der Waals surface area contributed by atoms with Gasteiger partial charge in [0.25, 0.3) is 0 Å². The van der Waals surface area contributed by atoms with Gasteiger partial charge in [0.2, 0.25) is 11.8 Å². The highest BCUT2D eigenvalue weighted by Gasteiger charge is 2.64. The van der Waals surface area contributed by atoms with E-state index in [2.05, 4.69) is 6.08 Å². The van der Waals surface area contributed by atoms with Gasteiger partial charge in [-0.1, -0.05) is 43.7 Å². The molecule has 0 saturated carbocycles. The summed E-state index contributed by atoms with van der Waals surface area (Å²) in [6.07, 6.45) is 3.77. The molecule has 2 saturated heterocycles. The summed E-state index contributed by atoms with van der Waals surface area (Å²) in [5, 5.41) is 1.88. The third-order valence-electron chi connectivity index (χ3n) is 6.61. The van der Waals surface area contributed by atoms with E-state index >= 15 is 0 Å². The Morgan fingerprint density at radius 1 is 1.07 bits per heavy atom. The van der Waals surface area contributed by atoms with E-state index in [4.69, 9.17) is 0 Å². The number of carbonyl (C=O) groups is 3. The molecule has 1 aromatic heterocycles. The number of carbonyl (C=O) groups excluding carboxylic acids is 3. The first-order valence-corrected chi connectivity index (χ1v) is 11.4. The fourth-order valence-corrected chi connectivity index (χ4v) is 5.96. The van der Waals surface area contributed by atoms with Gasteiger partial charge in [-0.2, -0.15) is 0 Å². The molecule has 154 valence electrons. The molecular formula is C24H24N2O3S. The van der Waals surface area contributed by atoms with Gasteiger partial charge in [-0.25, -0.2) is 0 Å². The quantitative estimate of drug-likeness (QED) is 0.542. The molecule has 4 heterocycles. The van der Waals surface area contributed by atoms with Crippen molar-refractivity contribution in [1.82, 2.24) is 4.90 Å². The van der Waals surface area contributed by atoms with E-state index in [1.807, 2.05) is 60.5 Å². The van der Waals surface area contributed by atoms with Crippen LogP contribution < -0.4 is 4.90 Å². The predicted octanol–water partition coefficient (Wildman–Crippen LogP) is 4.01. The van der Waals surface area contributed by atoms with E-state index in [1.54, 1.807) is 0 Å². The van der Waals surface area contributed by atoms with Crippen molar-refractivity contribution < 1.29 is 14.4 Å². The maximum atomic E-state index is 13.6. The summed E-state index contributed by atoms with van der Waals surface area (Å²) in [7, 11) is 0. The molecule has 6 heteroatoms. The Hall–Kier alpha value is -2.73. The molecule has 0 aliphatic carbocycles. The average molecular weight is 421 g/mol. The summed E-state index contributed by atoms with van der Waals surface area (Å²) >= 11 is 1.39. The number of allylic oxidation sites excluding steroid dienone is 1. The van der Waals surface area contributed by atoms with Gasteiger partial charge in [-0.3, -0.25) is 19.3 Å². The highest BCUT2D eigenvalue weighted by Crippen LogP contribution is 2.50. The van der Waals surface area contributed by atoms with Crippen LogP contribution in [0.3, 0.4) is 0 Å². The predicted molar refractivity (Wildman–Crippen MR) is 117 cm³/mol. The zero-order valence-electron chi connectivity index (χ0n) is 17.1. The number of unbranched alkanes of at least 4 members (excludes halogenated alkanes) is 1. The van der Waals surface area contributed by atoms with E-state index < -0.39 is 17.9 Å². The first kappa shape index (κ1) is 19.2. The number of benzene rings is 1. The second-order valence-corrected chi connectivity index (χ2v) is 9.23. The minimum absolute atomic E-state index is 0.0660. The van der Waals surface area contributed by atoms with E-state index in [9.17, 15) is 14.4 Å². The normalized spacial score (nSPS) is 27.1. The topological polar surface area (TPSA) is 57.7 Å². The minimum atomic E-state index is -0.660. The lowest BCUT2D eigenvalue weighted by Gasteiger charge is -2.37. The van der Waals surface area contributed by atoms with Crippen LogP contribution in [0.4, 0.5) is 5.69 Å². The second kappa shape index (κ2) is 7.20. The highest BCUT2D eigenvalue weighted by molar-refractivity contribution is 7.12. The molecular weight excluding hydrogens is 396 g/mol. The standard InChI is InChI=1S/C24H24N2O3S/c1-3-4-11-25-23(28)19-17-13-14(2)15-8-5-6-9-16(15)26(17)21(20(19)24(25)29)22(27)18-10-7-12-30-18/h5-10,12-13,17,19-21H,3-4,11H2,1-2H3/t17-,19+,20+,21-/m0/s1. The smallest absolute Gasteiger partial charge is 0.235 e. The Labute approximate surface area is 180 Å². The number of nitrogens with zero attached hydrogens (tertiary/aromatic N) is 2. The molecule has 0 N–H and O–H groups in total. The number of ketones is 1. The molecule has 30 heavy (non-hydrogen) atoms. The minimum Gasteiger partial charge on any atom is -0.352 e. The number of anilines is 1. The van der Waals surface area contributed by atoms with Crippen LogP contribution in [0.2, 0.25) is 0 Å². The van der Waals surface area contributed by atoms with Crippen LogP contribution in [0.5, 0.6) is 0 Å². The van der Waals surface area contributed by atoms with Crippen molar-refractivity contribution in [3.63, 3.8) is 0 Å². The first-order valence-electron chi connectivity index (χ1n) is 10.5. The molecule has 3 aliphatic heterocycles. The molecule has 2 fully saturated rings. The van der Waals surface area contributed by atoms with Crippen LogP contribution in [0.1, 0.15) is 41.9 Å². The molecule has 4 atom stereocenters. The largest absolute Gasteiger partial charge is 0.352 e. The summed E-state index contributed by atoms with van der Waals surface area (Å²) in [5.74, 6) is -1.52. The van der Waals surface area contributed by atoms with Gasteiger partial charge in [-0.15, -0.1) is 11.3 Å². The van der Waals surface area contributed by atoms with Crippen molar-refractivity contribution in [2.75, 3.05) is 11.4 Å². The molecule has 5 nitrogen and oxygen atoms in total. The number of fused-ring (bicyclic) bond motifs is 5. The summed E-state index contributed by atoms with van der Waals surface area (Å²) < 4.78 is 0. The Kier molecular flexibility index (Phi) is 4.62. The number of hydrogen-bond donors (Lipinski definition) is 0. The number of thiophene rings is 1. The maximum absolute atomic E-state index is 13.6. The zero-order chi connectivity index (χ0) is 21.0. The van der Waals surface area contributed by atoms with Crippen LogP contribution in [0.25, 0.3) is 5.57 Å². The monoisotopic (exact) mass is 420 g/mol. The summed E-state index contributed by atoms with van der Waals surface area (Å²) in [6, 6.07) is 10.7. The SMILES string of the molecule is CCCCN1C(=O)[C@@H]2[C@H](C1=O)[C@@H]1C=C(C)c3ccccc3N1[C@@H]2C(=O)c1cccs1. The lowest BCUT2D eigenvalue weighted by Crippen LogP contribution is -2.49. The van der Waals surface area contributed by atoms with Crippen LogP contribution in [0.15, 0.2) is 47.9 Å². The molecule has 0 spiro atoms. The number of para-hydroxylation sites is 1. The Bertz CT molecular complexity index is 1060. The number of amides is 2. The number of rotatable bonds is 5. The summed E-state index contributed by atoms with van der Waals surface area (Å²) in [4.78, 5) is 44.5. The van der Waals surface area contributed by atoms with Crippen molar-refractivity contribution in [2.45, 2.75) is 38.8 Å². The molecule has 2 aromatic rings. The van der Waals surface area contributed by atoms with Gasteiger partial charge in [0.15, 0.2) is 5.78 Å².